The van der Waals surface area contributed by atoms with Crippen LogP contribution in [-0.2, 0) is 41.6 Å². The molecule has 1 heterocycles. The number of hydrogen-bond donors (Lipinski definition) is 8. The molecule has 17 heteroatoms. The molecule has 0 bridgehead atoms. The SMILES string of the molecule is CN[C@@H](C)C(=O)NC(C(=O)C1C[C@@H](NC(=O)c2cccc(C(=O)N[C@H]3CC(C(=O)N[C@@H]4CCCc5ccccc54)N(C(=O)[C@@H](NC(=O)[C@H](C)NC)C(C)(C)C)C3)c2)CC1C(=O)N[C@@H]1CCCc2ccccc21)C(C)(C)C. The third kappa shape index (κ3) is 13.4. The standard InChI is InChI=1S/C59H81N9O8/c1-33(60-9)51(70)66-49(58(3,4)5)48(69)43-29-39(30-44(43)55(74)64-45-26-16-20-35-18-11-13-24-41(35)45)62-53(72)37-22-15-23-38(28-37)54(73)63-40-31-47(56(75)65-46-27-17-21-36-19-12-14-25-42(36)46)68(32-40)57(76)50(59(6,7)8)67-52(71)34(2)61-10/h11-15,18-19,22-25,28,33-34,39-40,43-47,49-50,60-61H,16-17,20-21,26-27,29-32H2,1-10H3,(H,62,72)(H,63,73)(H,64,74)(H,65,75)(H,66,70)(H,67,71)/t33-,34-,39+,40-,43?,44?,45+,46+,47?,49?,50+/m0/s1. The maximum absolute atomic E-state index is 14.8. The summed E-state index contributed by atoms with van der Waals surface area (Å²) in [5.41, 5.74) is 3.33. The van der Waals surface area contributed by atoms with Crippen molar-refractivity contribution in [1.82, 2.24) is 47.4 Å². The van der Waals surface area contributed by atoms with Crippen LogP contribution >= 0.6 is 0 Å². The number of likely N-dealkylation sites (N-methyl/N-ethyl adjacent to an activating group) is 2. The highest BCUT2D eigenvalue weighted by molar-refractivity contribution is 6.01. The van der Waals surface area contributed by atoms with Crippen molar-refractivity contribution in [3.05, 3.63) is 106 Å². The fourth-order valence-electron chi connectivity index (χ4n) is 11.4. The maximum Gasteiger partial charge on any atom is 0.251 e. The Morgan fingerprint density at radius 2 is 1.03 bits per heavy atom. The minimum Gasteiger partial charge on any atom is -0.349 e. The lowest BCUT2D eigenvalue weighted by atomic mass is 9.77. The van der Waals surface area contributed by atoms with Crippen LogP contribution in [0.2, 0.25) is 0 Å². The van der Waals surface area contributed by atoms with Gasteiger partial charge in [0.15, 0.2) is 5.78 Å². The van der Waals surface area contributed by atoms with Crippen molar-refractivity contribution in [2.45, 2.75) is 168 Å². The van der Waals surface area contributed by atoms with Gasteiger partial charge in [-0.2, -0.15) is 0 Å². The molecular weight excluding hydrogens is 963 g/mol. The van der Waals surface area contributed by atoms with E-state index >= 15 is 0 Å². The smallest absolute Gasteiger partial charge is 0.251 e. The summed E-state index contributed by atoms with van der Waals surface area (Å²) in [5.74, 6) is -4.74. The van der Waals surface area contributed by atoms with Gasteiger partial charge < -0.3 is 47.4 Å². The molecule has 1 aliphatic heterocycles. The fraction of sp³-hybridized carbons (Fsp3) is 0.559. The van der Waals surface area contributed by atoms with Crippen LogP contribution in [0.25, 0.3) is 0 Å². The number of likely N-dealkylation sites (tertiary alicyclic amines) is 1. The number of ketones is 1. The van der Waals surface area contributed by atoms with Crippen molar-refractivity contribution in [3.8, 4) is 0 Å². The highest BCUT2D eigenvalue weighted by Gasteiger charge is 2.49. The van der Waals surface area contributed by atoms with Gasteiger partial charge in [-0.15, -0.1) is 0 Å². The third-order valence-electron chi connectivity index (χ3n) is 16.1. The van der Waals surface area contributed by atoms with E-state index in [1.807, 2.05) is 77.9 Å². The summed E-state index contributed by atoms with van der Waals surface area (Å²) < 4.78 is 0. The molecular formula is C59H81N9O8. The molecule has 1 saturated heterocycles. The summed E-state index contributed by atoms with van der Waals surface area (Å²) in [6.07, 6.45) is 5.51. The Bertz CT molecular complexity index is 2480. The van der Waals surface area contributed by atoms with E-state index in [0.29, 0.717) is 0 Å². The minimum atomic E-state index is -0.994. The molecule has 3 aliphatic carbocycles. The minimum absolute atomic E-state index is 0.00798. The molecule has 17 nitrogen and oxygen atoms in total. The number of Topliss-reactive ketones (excluding diaryl/α,β-unsaturated/α-hetero) is 1. The van der Waals surface area contributed by atoms with Crippen LogP contribution in [0.4, 0.5) is 0 Å². The number of carbonyl (C=O) groups is 8. The van der Waals surface area contributed by atoms with Gasteiger partial charge in [-0.3, -0.25) is 38.4 Å². The summed E-state index contributed by atoms with van der Waals surface area (Å²) in [5, 5.41) is 24.3. The third-order valence-corrected chi connectivity index (χ3v) is 16.1. The highest BCUT2D eigenvalue weighted by atomic mass is 16.2. The van der Waals surface area contributed by atoms with Crippen LogP contribution in [0.1, 0.15) is 155 Å². The first-order valence-corrected chi connectivity index (χ1v) is 27.3. The number of nitrogens with zero attached hydrogens (tertiary/aromatic N) is 1. The molecule has 0 spiro atoms. The van der Waals surface area contributed by atoms with Crippen molar-refractivity contribution < 1.29 is 38.4 Å². The van der Waals surface area contributed by atoms with Crippen molar-refractivity contribution >= 4 is 47.1 Å². The summed E-state index contributed by atoms with van der Waals surface area (Å²) in [6, 6.07) is 16.5. The lowest BCUT2D eigenvalue weighted by Crippen LogP contribution is -2.59. The van der Waals surface area contributed by atoms with Gasteiger partial charge in [0.25, 0.3) is 11.8 Å². The molecule has 410 valence electrons. The zero-order chi connectivity index (χ0) is 55.2. The first kappa shape index (κ1) is 57.2. The molecule has 2 fully saturated rings. The van der Waals surface area contributed by atoms with Gasteiger partial charge in [0.05, 0.1) is 30.2 Å². The van der Waals surface area contributed by atoms with E-state index in [4.69, 9.17) is 0 Å². The quantitative estimate of drug-likeness (QED) is 0.0925. The zero-order valence-electron chi connectivity index (χ0n) is 46.1. The molecule has 4 unspecified atom stereocenters. The second-order valence-electron chi connectivity index (χ2n) is 23.7. The Hall–Kier alpha value is -6.46. The van der Waals surface area contributed by atoms with Gasteiger partial charge in [0, 0.05) is 41.6 Å². The van der Waals surface area contributed by atoms with E-state index in [1.54, 1.807) is 46.1 Å². The molecule has 7 rings (SSSR count). The predicted molar refractivity (Wildman–Crippen MR) is 291 cm³/mol. The molecule has 7 amide bonds. The summed E-state index contributed by atoms with van der Waals surface area (Å²) >= 11 is 0. The molecule has 76 heavy (non-hydrogen) atoms. The average molecular weight is 1040 g/mol. The van der Waals surface area contributed by atoms with Crippen LogP contribution in [0.3, 0.4) is 0 Å². The molecule has 3 aromatic rings. The van der Waals surface area contributed by atoms with E-state index in [-0.39, 0.29) is 78.4 Å². The van der Waals surface area contributed by atoms with Crippen LogP contribution in [-0.4, -0.2) is 115 Å². The number of rotatable bonds is 17. The zero-order valence-corrected chi connectivity index (χ0v) is 46.1. The van der Waals surface area contributed by atoms with Crippen LogP contribution in [0, 0.1) is 22.7 Å². The molecule has 4 aliphatic rings. The van der Waals surface area contributed by atoms with Crippen molar-refractivity contribution in [3.63, 3.8) is 0 Å². The molecule has 3 aromatic carbocycles. The van der Waals surface area contributed by atoms with Crippen molar-refractivity contribution in [2.75, 3.05) is 20.6 Å². The van der Waals surface area contributed by atoms with Gasteiger partial charge in [0.1, 0.15) is 12.1 Å². The second kappa shape index (κ2) is 24.3. The van der Waals surface area contributed by atoms with Crippen LogP contribution < -0.4 is 42.5 Å². The first-order chi connectivity index (χ1) is 36.0. The molecule has 1 saturated carbocycles. The van der Waals surface area contributed by atoms with Gasteiger partial charge in [-0.1, -0.05) is 96.1 Å². The number of hydrogen-bond acceptors (Lipinski definition) is 10. The fourth-order valence-corrected chi connectivity index (χ4v) is 11.4. The number of aryl methyl sites for hydroxylation is 2. The molecule has 8 N–H and O–H groups in total. The van der Waals surface area contributed by atoms with Crippen molar-refractivity contribution in [1.29, 1.82) is 0 Å². The number of nitrogens with one attached hydrogen (secondary N) is 8. The number of fused-ring (bicyclic) bond motifs is 2. The van der Waals surface area contributed by atoms with E-state index in [0.717, 1.165) is 55.2 Å². The maximum atomic E-state index is 14.8. The Morgan fingerprint density at radius 1 is 0.553 bits per heavy atom. The van der Waals surface area contributed by atoms with E-state index in [9.17, 15) is 38.4 Å². The summed E-state index contributed by atoms with van der Waals surface area (Å²) in [7, 11) is 3.32. The highest BCUT2D eigenvalue weighted by Crippen LogP contribution is 2.39. The molecule has 11 atom stereocenters. The normalized spacial score (nSPS) is 23.8. The molecule has 0 aromatic heterocycles. The van der Waals surface area contributed by atoms with Gasteiger partial charge in [0.2, 0.25) is 29.5 Å². The second-order valence-corrected chi connectivity index (χ2v) is 23.7. The van der Waals surface area contributed by atoms with Crippen LogP contribution in [0.15, 0.2) is 72.8 Å². The number of benzene rings is 3. The predicted octanol–water partition coefficient (Wildman–Crippen LogP) is 4.74. The Kier molecular flexibility index (Phi) is 18.3. The monoisotopic (exact) mass is 1040 g/mol. The topological polar surface area (TPSA) is 236 Å². The Labute approximate surface area is 448 Å². The largest absolute Gasteiger partial charge is 0.349 e. The summed E-state index contributed by atoms with van der Waals surface area (Å²) in [6.45, 7) is 14.5. The van der Waals surface area contributed by atoms with Crippen LogP contribution in [0.5, 0.6) is 0 Å². The van der Waals surface area contributed by atoms with Gasteiger partial charge in [-0.05, 0) is 137 Å². The Balaban J connectivity index is 1.09. The van der Waals surface area contributed by atoms with E-state index < -0.39 is 82.7 Å². The average Bonchev–Trinajstić information content (AvgIpc) is 4.03. The lowest BCUT2D eigenvalue weighted by molar-refractivity contribution is -0.144. The molecule has 0 radical (unpaired) electrons. The lowest BCUT2D eigenvalue weighted by Gasteiger charge is -2.36. The van der Waals surface area contributed by atoms with Gasteiger partial charge >= 0.3 is 0 Å². The summed E-state index contributed by atoms with van der Waals surface area (Å²) in [4.78, 5) is 115. The van der Waals surface area contributed by atoms with E-state index in [1.165, 1.54) is 16.5 Å². The number of carbonyl (C=O) groups excluding carboxylic acids is 8. The number of amides is 7. The first-order valence-electron chi connectivity index (χ1n) is 27.3. The van der Waals surface area contributed by atoms with E-state index in [2.05, 4.69) is 54.7 Å². The van der Waals surface area contributed by atoms with Gasteiger partial charge in [-0.25, -0.2) is 0 Å². The Morgan fingerprint density at radius 3 is 1.54 bits per heavy atom. The van der Waals surface area contributed by atoms with Crippen molar-refractivity contribution in [2.24, 2.45) is 22.7 Å².